The smallest absolute Gasteiger partial charge is 0.224 e. The lowest BCUT2D eigenvalue weighted by molar-refractivity contribution is -0.125. The highest BCUT2D eigenvalue weighted by atomic mass is 16.3. The quantitative estimate of drug-likeness (QED) is 0.791. The van der Waals surface area contributed by atoms with E-state index in [9.17, 15) is 4.79 Å². The van der Waals surface area contributed by atoms with Crippen LogP contribution >= 0.6 is 0 Å². The molecule has 0 bridgehead atoms. The largest absolute Gasteiger partial charge is 0.450 e. The highest BCUT2D eigenvalue weighted by Crippen LogP contribution is 2.33. The van der Waals surface area contributed by atoms with Crippen molar-refractivity contribution in [2.45, 2.75) is 26.2 Å². The topological polar surface area (TPSA) is 71.3 Å². The van der Waals surface area contributed by atoms with Crippen LogP contribution in [0.5, 0.6) is 0 Å². The van der Waals surface area contributed by atoms with E-state index in [1.54, 1.807) is 6.33 Å². The van der Waals surface area contributed by atoms with E-state index in [0.717, 1.165) is 54.7 Å². The van der Waals surface area contributed by atoms with Crippen LogP contribution < -0.4 is 10.2 Å². The number of hydrogen-bond donors (Lipinski definition) is 1. The molecule has 1 amide bonds. The zero-order valence-electron chi connectivity index (χ0n) is 14.4. The van der Waals surface area contributed by atoms with Crippen molar-refractivity contribution in [3.63, 3.8) is 0 Å². The number of furan rings is 1. The second-order valence-corrected chi connectivity index (χ2v) is 6.55. The number of aromatic nitrogens is 2. The Balaban J connectivity index is 1.66. The van der Waals surface area contributed by atoms with E-state index < -0.39 is 0 Å². The van der Waals surface area contributed by atoms with Gasteiger partial charge in [0.25, 0.3) is 0 Å². The Bertz CT molecular complexity index is 905. The molecule has 3 aromatic rings. The molecule has 6 nitrogen and oxygen atoms in total. The number of carbonyl (C=O) groups is 1. The predicted octanol–water partition coefficient (Wildman–Crippen LogP) is 3.12. The van der Waals surface area contributed by atoms with Crippen molar-refractivity contribution < 1.29 is 9.21 Å². The number of anilines is 1. The van der Waals surface area contributed by atoms with Gasteiger partial charge in [-0.2, -0.15) is 0 Å². The summed E-state index contributed by atoms with van der Waals surface area (Å²) < 4.78 is 6.03. The molecule has 1 atom stereocenters. The highest BCUT2D eigenvalue weighted by Gasteiger charge is 2.28. The lowest BCUT2D eigenvalue weighted by Gasteiger charge is -2.32. The number of fused-ring (bicyclic) bond motifs is 3. The van der Waals surface area contributed by atoms with Crippen molar-refractivity contribution >= 4 is 33.8 Å². The molecule has 1 unspecified atom stereocenters. The van der Waals surface area contributed by atoms with Crippen LogP contribution in [0.3, 0.4) is 0 Å². The SMILES string of the molecule is CCCNC(=O)C1CCCN(c2ncnc3c2oc2ccccc23)C1. The van der Waals surface area contributed by atoms with Crippen LogP contribution in [0.2, 0.25) is 0 Å². The molecule has 25 heavy (non-hydrogen) atoms. The first kappa shape index (κ1) is 15.9. The first-order valence-corrected chi connectivity index (χ1v) is 8.93. The van der Waals surface area contributed by atoms with Crippen LogP contribution in [0.1, 0.15) is 26.2 Å². The number of amides is 1. The third-order valence-corrected chi connectivity index (χ3v) is 4.78. The second kappa shape index (κ2) is 6.70. The molecule has 0 spiro atoms. The van der Waals surface area contributed by atoms with Gasteiger partial charge >= 0.3 is 0 Å². The molecule has 1 N–H and O–H groups in total. The maximum absolute atomic E-state index is 12.3. The molecular weight excluding hydrogens is 316 g/mol. The van der Waals surface area contributed by atoms with Crippen LogP contribution in [0, 0.1) is 5.92 Å². The summed E-state index contributed by atoms with van der Waals surface area (Å²) in [4.78, 5) is 23.4. The molecule has 0 saturated carbocycles. The summed E-state index contributed by atoms with van der Waals surface area (Å²) >= 11 is 0. The molecule has 2 aromatic heterocycles. The van der Waals surface area contributed by atoms with E-state index in [4.69, 9.17) is 4.42 Å². The van der Waals surface area contributed by atoms with Crippen molar-refractivity contribution in [3.05, 3.63) is 30.6 Å². The van der Waals surface area contributed by atoms with Gasteiger partial charge in [0.1, 0.15) is 17.4 Å². The Morgan fingerprint density at radius 1 is 1.36 bits per heavy atom. The van der Waals surface area contributed by atoms with Crippen molar-refractivity contribution in [2.75, 3.05) is 24.5 Å². The molecule has 0 aliphatic carbocycles. The third-order valence-electron chi connectivity index (χ3n) is 4.78. The van der Waals surface area contributed by atoms with Gasteiger partial charge in [0, 0.05) is 25.0 Å². The monoisotopic (exact) mass is 338 g/mol. The summed E-state index contributed by atoms with van der Waals surface area (Å²) in [6.07, 6.45) is 4.42. The standard InChI is InChI=1S/C19H22N4O2/c1-2-9-20-19(24)13-6-5-10-23(11-13)18-17-16(21-12-22-18)14-7-3-4-8-15(14)25-17/h3-4,7-8,12-13H,2,5-6,9-11H2,1H3,(H,20,24). The summed E-state index contributed by atoms with van der Waals surface area (Å²) in [6, 6.07) is 7.88. The Morgan fingerprint density at radius 2 is 2.24 bits per heavy atom. The lowest BCUT2D eigenvalue weighted by atomic mass is 9.97. The third kappa shape index (κ3) is 2.92. The Morgan fingerprint density at radius 3 is 3.12 bits per heavy atom. The lowest BCUT2D eigenvalue weighted by Crippen LogP contribution is -2.43. The molecule has 1 saturated heterocycles. The molecule has 1 aliphatic heterocycles. The van der Waals surface area contributed by atoms with Crippen LogP contribution in [0.15, 0.2) is 35.0 Å². The molecule has 4 rings (SSSR count). The molecule has 1 aromatic carbocycles. The van der Waals surface area contributed by atoms with Gasteiger partial charge in [-0.1, -0.05) is 19.1 Å². The van der Waals surface area contributed by atoms with Crippen molar-refractivity contribution in [1.29, 1.82) is 0 Å². The van der Waals surface area contributed by atoms with Gasteiger partial charge < -0.3 is 14.6 Å². The fourth-order valence-electron chi connectivity index (χ4n) is 3.51. The minimum atomic E-state index is -0.00491. The van der Waals surface area contributed by atoms with Gasteiger partial charge in [-0.3, -0.25) is 4.79 Å². The molecule has 1 aliphatic rings. The number of benzene rings is 1. The fraction of sp³-hybridized carbons (Fsp3) is 0.421. The first-order valence-electron chi connectivity index (χ1n) is 8.93. The predicted molar refractivity (Wildman–Crippen MR) is 97.5 cm³/mol. The molecule has 130 valence electrons. The summed E-state index contributed by atoms with van der Waals surface area (Å²) in [5, 5.41) is 4.01. The minimum Gasteiger partial charge on any atom is -0.450 e. The van der Waals surface area contributed by atoms with E-state index in [1.165, 1.54) is 0 Å². The Hall–Kier alpha value is -2.63. The average molecular weight is 338 g/mol. The minimum absolute atomic E-state index is 0.00491. The zero-order chi connectivity index (χ0) is 17.2. The number of nitrogens with zero attached hydrogens (tertiary/aromatic N) is 3. The highest BCUT2D eigenvalue weighted by molar-refractivity contribution is 6.05. The average Bonchev–Trinajstić information content (AvgIpc) is 3.05. The summed E-state index contributed by atoms with van der Waals surface area (Å²) in [6.45, 7) is 4.34. The number of nitrogens with one attached hydrogen (secondary N) is 1. The van der Waals surface area contributed by atoms with E-state index in [2.05, 4.69) is 27.1 Å². The van der Waals surface area contributed by atoms with Crippen molar-refractivity contribution in [3.8, 4) is 0 Å². The van der Waals surface area contributed by atoms with Crippen molar-refractivity contribution in [1.82, 2.24) is 15.3 Å². The van der Waals surface area contributed by atoms with Crippen LogP contribution in [-0.4, -0.2) is 35.5 Å². The molecule has 3 heterocycles. The number of rotatable bonds is 4. The maximum Gasteiger partial charge on any atom is 0.224 e. The number of piperidine rings is 1. The summed E-state index contributed by atoms with van der Waals surface area (Å²) in [7, 11) is 0. The Labute approximate surface area is 146 Å². The van der Waals surface area contributed by atoms with Gasteiger partial charge in [-0.15, -0.1) is 0 Å². The molecule has 0 radical (unpaired) electrons. The van der Waals surface area contributed by atoms with E-state index >= 15 is 0 Å². The van der Waals surface area contributed by atoms with E-state index in [1.807, 2.05) is 24.3 Å². The maximum atomic E-state index is 12.3. The Kier molecular flexibility index (Phi) is 4.26. The zero-order valence-corrected chi connectivity index (χ0v) is 14.4. The van der Waals surface area contributed by atoms with Crippen LogP contribution in [0.4, 0.5) is 5.82 Å². The van der Waals surface area contributed by atoms with Crippen molar-refractivity contribution in [2.24, 2.45) is 5.92 Å². The molecular formula is C19H22N4O2. The van der Waals surface area contributed by atoms with Gasteiger partial charge in [0.2, 0.25) is 5.91 Å². The van der Waals surface area contributed by atoms with Crippen LogP contribution in [-0.2, 0) is 4.79 Å². The first-order chi connectivity index (χ1) is 12.3. The van der Waals surface area contributed by atoms with E-state index in [0.29, 0.717) is 12.1 Å². The summed E-state index contributed by atoms with van der Waals surface area (Å²) in [5.41, 5.74) is 2.35. The second-order valence-electron chi connectivity index (χ2n) is 6.55. The normalized spacial score (nSPS) is 18.0. The molecule has 6 heteroatoms. The van der Waals surface area contributed by atoms with Crippen LogP contribution in [0.25, 0.3) is 22.1 Å². The van der Waals surface area contributed by atoms with Gasteiger partial charge in [-0.25, -0.2) is 9.97 Å². The number of hydrogen-bond acceptors (Lipinski definition) is 5. The number of para-hydroxylation sites is 1. The fourth-order valence-corrected chi connectivity index (χ4v) is 3.51. The number of carbonyl (C=O) groups excluding carboxylic acids is 1. The van der Waals surface area contributed by atoms with Gasteiger partial charge in [0.05, 0.1) is 5.92 Å². The van der Waals surface area contributed by atoms with Gasteiger partial charge in [-0.05, 0) is 31.4 Å². The van der Waals surface area contributed by atoms with E-state index in [-0.39, 0.29) is 11.8 Å². The van der Waals surface area contributed by atoms with Gasteiger partial charge in [0.15, 0.2) is 11.4 Å². The summed E-state index contributed by atoms with van der Waals surface area (Å²) in [5.74, 6) is 0.922. The molecule has 1 fully saturated rings.